The maximum atomic E-state index is 13.2. The monoisotopic (exact) mass is 232 g/mol. The van der Waals surface area contributed by atoms with Crippen LogP contribution in [0, 0.1) is 11.6 Å². The number of benzene rings is 1. The van der Waals surface area contributed by atoms with Gasteiger partial charge in [-0.3, -0.25) is 0 Å². The van der Waals surface area contributed by atoms with E-state index in [-0.39, 0.29) is 37.7 Å². The number of nitrogen functional groups attached to an aromatic ring is 1. The molecular weight excluding hydrogens is 218 g/mol. The average molecular weight is 232 g/mol. The summed E-state index contributed by atoms with van der Waals surface area (Å²) >= 11 is 0. The summed E-state index contributed by atoms with van der Waals surface area (Å²) in [5, 5.41) is 11.0. The lowest BCUT2D eigenvalue weighted by molar-refractivity contribution is 0.0991. The Morgan fingerprint density at radius 1 is 1.25 bits per heavy atom. The summed E-state index contributed by atoms with van der Waals surface area (Å²) < 4.78 is 31.4. The normalized spacial score (nSPS) is 10.4. The van der Waals surface area contributed by atoms with Crippen LogP contribution in [0.15, 0.2) is 12.1 Å². The summed E-state index contributed by atoms with van der Waals surface area (Å²) in [5.74, 6) is -1.47. The van der Waals surface area contributed by atoms with Crippen LogP contribution < -0.4 is 11.1 Å². The van der Waals surface area contributed by atoms with Gasteiger partial charge in [-0.25, -0.2) is 8.78 Å². The van der Waals surface area contributed by atoms with Crippen molar-refractivity contribution in [3.8, 4) is 0 Å². The number of nitrogens with two attached hydrogens (primary N) is 1. The molecule has 1 aromatic carbocycles. The minimum Gasteiger partial charge on any atom is -0.399 e. The predicted molar refractivity (Wildman–Crippen MR) is 57.2 cm³/mol. The number of halogens is 2. The number of aliphatic hydroxyl groups excluding tert-OH is 1. The molecular formula is C10H14F2N2O2. The lowest BCUT2D eigenvalue weighted by Crippen LogP contribution is -2.13. The molecule has 0 aromatic heterocycles. The highest BCUT2D eigenvalue weighted by atomic mass is 19.1. The molecule has 0 saturated heterocycles. The van der Waals surface area contributed by atoms with Crippen molar-refractivity contribution < 1.29 is 18.6 Å². The quantitative estimate of drug-likeness (QED) is 0.505. The third kappa shape index (κ3) is 3.63. The molecule has 6 heteroatoms. The minimum atomic E-state index is -0.736. The number of nitrogens with one attached hydrogen (secondary N) is 1. The van der Waals surface area contributed by atoms with Crippen LogP contribution in [0.5, 0.6) is 0 Å². The summed E-state index contributed by atoms with van der Waals surface area (Å²) in [6.07, 6.45) is 0. The first-order valence-corrected chi connectivity index (χ1v) is 4.82. The van der Waals surface area contributed by atoms with Crippen molar-refractivity contribution in [2.24, 2.45) is 0 Å². The van der Waals surface area contributed by atoms with E-state index in [0.717, 1.165) is 12.1 Å². The van der Waals surface area contributed by atoms with Gasteiger partial charge in [0, 0.05) is 12.2 Å². The van der Waals surface area contributed by atoms with Crippen molar-refractivity contribution in [3.05, 3.63) is 23.8 Å². The first kappa shape index (κ1) is 12.7. The van der Waals surface area contributed by atoms with Crippen LogP contribution in [0.1, 0.15) is 0 Å². The molecule has 0 atom stereocenters. The molecule has 0 radical (unpaired) electrons. The Labute approximate surface area is 92.0 Å². The molecule has 0 heterocycles. The molecule has 1 aromatic rings. The molecule has 4 nitrogen and oxygen atoms in total. The number of hydrogen-bond acceptors (Lipinski definition) is 4. The third-order valence-electron chi connectivity index (χ3n) is 1.85. The van der Waals surface area contributed by atoms with E-state index in [0.29, 0.717) is 0 Å². The van der Waals surface area contributed by atoms with Crippen LogP contribution in [0.4, 0.5) is 20.2 Å². The Balaban J connectivity index is 2.47. The molecule has 0 fully saturated rings. The molecule has 0 aliphatic rings. The fourth-order valence-electron chi connectivity index (χ4n) is 1.18. The summed E-state index contributed by atoms with van der Waals surface area (Å²) in [6, 6.07) is 2.08. The molecule has 90 valence electrons. The van der Waals surface area contributed by atoms with Gasteiger partial charge in [-0.1, -0.05) is 0 Å². The maximum Gasteiger partial charge on any atom is 0.151 e. The fourth-order valence-corrected chi connectivity index (χ4v) is 1.18. The first-order valence-electron chi connectivity index (χ1n) is 4.82. The van der Waals surface area contributed by atoms with Gasteiger partial charge >= 0.3 is 0 Å². The van der Waals surface area contributed by atoms with Gasteiger partial charge in [-0.15, -0.1) is 0 Å². The van der Waals surface area contributed by atoms with Crippen LogP contribution >= 0.6 is 0 Å². The van der Waals surface area contributed by atoms with Crippen LogP contribution in [0.3, 0.4) is 0 Å². The van der Waals surface area contributed by atoms with Gasteiger partial charge in [0.15, 0.2) is 11.6 Å². The van der Waals surface area contributed by atoms with Gasteiger partial charge in [0.2, 0.25) is 0 Å². The Morgan fingerprint density at radius 3 is 2.44 bits per heavy atom. The summed E-state index contributed by atoms with van der Waals surface area (Å²) in [4.78, 5) is 0. The van der Waals surface area contributed by atoms with Gasteiger partial charge in [0.1, 0.15) is 5.69 Å². The second-order valence-electron chi connectivity index (χ2n) is 3.12. The van der Waals surface area contributed by atoms with Crippen molar-refractivity contribution in [1.29, 1.82) is 0 Å². The topological polar surface area (TPSA) is 67.5 Å². The number of rotatable bonds is 6. The molecule has 0 bridgehead atoms. The van der Waals surface area contributed by atoms with Crippen molar-refractivity contribution in [3.63, 3.8) is 0 Å². The summed E-state index contributed by atoms with van der Waals surface area (Å²) in [5.41, 5.74) is 5.08. The third-order valence-corrected chi connectivity index (χ3v) is 1.85. The van der Waals surface area contributed by atoms with Gasteiger partial charge in [-0.2, -0.15) is 0 Å². The molecule has 4 N–H and O–H groups in total. The number of ether oxygens (including phenoxy) is 1. The molecule has 0 amide bonds. The zero-order valence-corrected chi connectivity index (χ0v) is 8.67. The van der Waals surface area contributed by atoms with E-state index in [2.05, 4.69) is 5.32 Å². The second kappa shape index (κ2) is 6.24. The Hall–Kier alpha value is -1.40. The van der Waals surface area contributed by atoms with Crippen molar-refractivity contribution >= 4 is 11.4 Å². The molecule has 0 spiro atoms. The Morgan fingerprint density at radius 2 is 1.88 bits per heavy atom. The lowest BCUT2D eigenvalue weighted by atomic mass is 10.2. The highest BCUT2D eigenvalue weighted by Crippen LogP contribution is 2.21. The van der Waals surface area contributed by atoms with E-state index >= 15 is 0 Å². The SMILES string of the molecule is Nc1cc(F)c(NCCOCCO)c(F)c1. The zero-order chi connectivity index (χ0) is 12.0. The van der Waals surface area contributed by atoms with Crippen LogP contribution in [-0.4, -0.2) is 31.5 Å². The molecule has 16 heavy (non-hydrogen) atoms. The average Bonchev–Trinajstić information content (AvgIpc) is 2.20. The highest BCUT2D eigenvalue weighted by molar-refractivity contribution is 5.53. The van der Waals surface area contributed by atoms with Gasteiger partial charge in [-0.05, 0) is 12.1 Å². The highest BCUT2D eigenvalue weighted by Gasteiger charge is 2.09. The smallest absolute Gasteiger partial charge is 0.151 e. The fraction of sp³-hybridized carbons (Fsp3) is 0.400. The van der Waals surface area contributed by atoms with E-state index in [9.17, 15) is 8.78 Å². The Bertz CT molecular complexity index is 325. The van der Waals surface area contributed by atoms with Crippen LogP contribution in [-0.2, 0) is 4.74 Å². The predicted octanol–water partition coefficient (Wildman–Crippen LogP) is 0.968. The largest absolute Gasteiger partial charge is 0.399 e. The standard InChI is InChI=1S/C10H14F2N2O2/c11-8-5-7(13)6-9(12)10(8)14-1-3-16-4-2-15/h5-6,14-15H,1-4,13H2. The molecule has 0 saturated carbocycles. The zero-order valence-electron chi connectivity index (χ0n) is 8.67. The first-order chi connectivity index (χ1) is 7.65. The van der Waals surface area contributed by atoms with Crippen molar-refractivity contribution in [1.82, 2.24) is 0 Å². The minimum absolute atomic E-state index is 0.0390. The van der Waals surface area contributed by atoms with E-state index in [1.807, 2.05) is 0 Å². The number of anilines is 2. The number of aliphatic hydroxyl groups is 1. The Kier molecular flexibility index (Phi) is 4.94. The van der Waals surface area contributed by atoms with Gasteiger partial charge in [0.05, 0.1) is 19.8 Å². The van der Waals surface area contributed by atoms with E-state index in [4.69, 9.17) is 15.6 Å². The van der Waals surface area contributed by atoms with Crippen molar-refractivity contribution in [2.75, 3.05) is 37.4 Å². The van der Waals surface area contributed by atoms with E-state index in [1.165, 1.54) is 0 Å². The van der Waals surface area contributed by atoms with Gasteiger partial charge in [0.25, 0.3) is 0 Å². The van der Waals surface area contributed by atoms with Crippen LogP contribution in [0.25, 0.3) is 0 Å². The number of hydrogen-bond donors (Lipinski definition) is 3. The van der Waals surface area contributed by atoms with Crippen LogP contribution in [0.2, 0.25) is 0 Å². The van der Waals surface area contributed by atoms with Crippen molar-refractivity contribution in [2.45, 2.75) is 0 Å². The van der Waals surface area contributed by atoms with E-state index < -0.39 is 11.6 Å². The summed E-state index contributed by atoms with van der Waals surface area (Å²) in [7, 11) is 0. The van der Waals surface area contributed by atoms with E-state index in [1.54, 1.807) is 0 Å². The lowest BCUT2D eigenvalue weighted by Gasteiger charge is -2.09. The van der Waals surface area contributed by atoms with Gasteiger partial charge < -0.3 is 20.9 Å². The second-order valence-corrected chi connectivity index (χ2v) is 3.12. The molecule has 0 aliphatic carbocycles. The molecule has 0 aliphatic heterocycles. The summed E-state index contributed by atoms with van der Waals surface area (Å²) in [6.45, 7) is 0.626. The molecule has 0 unspecified atom stereocenters. The maximum absolute atomic E-state index is 13.2. The molecule has 1 rings (SSSR count).